The van der Waals surface area contributed by atoms with Crippen molar-refractivity contribution in [1.29, 1.82) is 0 Å². The van der Waals surface area contributed by atoms with E-state index in [1.54, 1.807) is 0 Å². The molecule has 0 aromatic heterocycles. The standard InChI is InChI=1S/C26H26ClN3O2/c1-18(24-9-5-6-10-25(24)27)29-16-21-15-20(29)17-30(21)26(31)28-19-11-13-23(14-12-19)32-22-7-3-2-4-8-22/h2-14,18,20-21H,15-17H2,1H3,(H,28,31). The van der Waals surface area contributed by atoms with E-state index in [1.807, 2.05) is 77.7 Å². The third-order valence-corrected chi connectivity index (χ3v) is 6.83. The Morgan fingerprint density at radius 1 is 0.938 bits per heavy atom. The molecule has 2 amide bonds. The number of rotatable bonds is 5. The number of piperazine rings is 1. The van der Waals surface area contributed by atoms with Gasteiger partial charge < -0.3 is 15.0 Å². The lowest BCUT2D eigenvalue weighted by Crippen LogP contribution is -2.50. The second-order valence-corrected chi connectivity index (χ2v) is 8.87. The summed E-state index contributed by atoms with van der Waals surface area (Å²) in [5.74, 6) is 1.52. The van der Waals surface area contributed by atoms with Crippen molar-refractivity contribution in [2.75, 3.05) is 18.4 Å². The molecule has 32 heavy (non-hydrogen) atoms. The van der Waals surface area contributed by atoms with E-state index in [4.69, 9.17) is 16.3 Å². The Balaban J connectivity index is 1.18. The van der Waals surface area contributed by atoms with Crippen LogP contribution in [0.1, 0.15) is 24.9 Å². The largest absolute Gasteiger partial charge is 0.457 e. The highest BCUT2D eigenvalue weighted by Crippen LogP contribution is 2.38. The van der Waals surface area contributed by atoms with Crippen molar-refractivity contribution in [2.45, 2.75) is 31.5 Å². The second-order valence-electron chi connectivity index (χ2n) is 8.46. The number of nitrogens with one attached hydrogen (secondary N) is 1. The molecule has 6 heteroatoms. The predicted octanol–water partition coefficient (Wildman–Crippen LogP) is 6.18. The third-order valence-electron chi connectivity index (χ3n) is 6.48. The quantitative estimate of drug-likeness (QED) is 0.507. The van der Waals surface area contributed by atoms with Crippen molar-refractivity contribution in [3.05, 3.63) is 89.4 Å². The van der Waals surface area contributed by atoms with Crippen LogP contribution < -0.4 is 10.1 Å². The third kappa shape index (κ3) is 4.18. The van der Waals surface area contributed by atoms with Crippen LogP contribution in [0.3, 0.4) is 0 Å². The monoisotopic (exact) mass is 447 g/mol. The van der Waals surface area contributed by atoms with Gasteiger partial charge in [0, 0.05) is 41.9 Å². The summed E-state index contributed by atoms with van der Waals surface area (Å²) in [6.07, 6.45) is 1.01. The highest BCUT2D eigenvalue weighted by molar-refractivity contribution is 6.31. The van der Waals surface area contributed by atoms with Crippen molar-refractivity contribution in [3.8, 4) is 11.5 Å². The number of amides is 2. The van der Waals surface area contributed by atoms with Crippen LogP contribution in [-0.4, -0.2) is 41.0 Å². The molecule has 0 aliphatic carbocycles. The molecule has 2 aliphatic rings. The number of carbonyl (C=O) groups is 1. The van der Waals surface area contributed by atoms with Gasteiger partial charge in [0.05, 0.1) is 0 Å². The predicted molar refractivity (Wildman–Crippen MR) is 127 cm³/mol. The fourth-order valence-corrected chi connectivity index (χ4v) is 5.13. The van der Waals surface area contributed by atoms with Gasteiger partial charge in [-0.15, -0.1) is 0 Å². The molecule has 2 fully saturated rings. The first-order valence-corrected chi connectivity index (χ1v) is 11.4. The lowest BCUT2D eigenvalue weighted by Gasteiger charge is -2.38. The highest BCUT2D eigenvalue weighted by Gasteiger charge is 2.47. The lowest BCUT2D eigenvalue weighted by molar-refractivity contribution is 0.115. The topological polar surface area (TPSA) is 44.8 Å². The number of para-hydroxylation sites is 1. The van der Waals surface area contributed by atoms with Crippen LogP contribution in [0.15, 0.2) is 78.9 Å². The molecule has 3 aromatic rings. The lowest BCUT2D eigenvalue weighted by atomic mass is 10.1. The molecule has 2 aliphatic heterocycles. The van der Waals surface area contributed by atoms with E-state index in [0.29, 0.717) is 6.04 Å². The maximum atomic E-state index is 12.9. The summed E-state index contributed by atoms with van der Waals surface area (Å²) in [6.45, 7) is 3.81. The summed E-state index contributed by atoms with van der Waals surface area (Å²) in [4.78, 5) is 17.4. The van der Waals surface area contributed by atoms with Gasteiger partial charge in [-0.2, -0.15) is 0 Å². The van der Waals surface area contributed by atoms with Crippen molar-refractivity contribution < 1.29 is 9.53 Å². The Morgan fingerprint density at radius 2 is 1.62 bits per heavy atom. The van der Waals surface area contributed by atoms with E-state index in [2.05, 4.69) is 23.2 Å². The molecular formula is C26H26ClN3O2. The summed E-state index contributed by atoms with van der Waals surface area (Å²) in [7, 11) is 0. The van der Waals surface area contributed by atoms with Crippen LogP contribution in [0.5, 0.6) is 11.5 Å². The highest BCUT2D eigenvalue weighted by atomic mass is 35.5. The number of carbonyl (C=O) groups excluding carboxylic acids is 1. The summed E-state index contributed by atoms with van der Waals surface area (Å²) in [5.41, 5.74) is 1.91. The zero-order chi connectivity index (χ0) is 22.1. The molecule has 2 bridgehead atoms. The second kappa shape index (κ2) is 8.85. The molecule has 164 valence electrons. The number of halogens is 1. The van der Waals surface area contributed by atoms with Gasteiger partial charge in [-0.25, -0.2) is 4.79 Å². The number of likely N-dealkylation sites (tertiary alicyclic amines) is 2. The van der Waals surface area contributed by atoms with Gasteiger partial charge in [-0.3, -0.25) is 4.90 Å². The van der Waals surface area contributed by atoms with Crippen LogP contribution in [0.25, 0.3) is 0 Å². The Hall–Kier alpha value is -3.02. The number of hydrogen-bond donors (Lipinski definition) is 1. The van der Waals surface area contributed by atoms with Gasteiger partial charge >= 0.3 is 6.03 Å². The number of benzene rings is 3. The summed E-state index contributed by atoms with van der Waals surface area (Å²) >= 11 is 6.42. The average molecular weight is 448 g/mol. The molecule has 5 nitrogen and oxygen atoms in total. The van der Waals surface area contributed by atoms with E-state index in [0.717, 1.165) is 47.3 Å². The van der Waals surface area contributed by atoms with Gasteiger partial charge in [-0.1, -0.05) is 48.0 Å². The Morgan fingerprint density at radius 3 is 2.31 bits per heavy atom. The molecule has 3 unspecified atom stereocenters. The van der Waals surface area contributed by atoms with Gasteiger partial charge in [0.1, 0.15) is 11.5 Å². The molecule has 1 N–H and O–H groups in total. The smallest absolute Gasteiger partial charge is 0.322 e. The number of urea groups is 1. The maximum absolute atomic E-state index is 12.9. The van der Waals surface area contributed by atoms with E-state index in [-0.39, 0.29) is 18.1 Å². The van der Waals surface area contributed by atoms with Gasteiger partial charge in [0.15, 0.2) is 0 Å². The van der Waals surface area contributed by atoms with E-state index in [1.165, 1.54) is 0 Å². The van der Waals surface area contributed by atoms with E-state index < -0.39 is 0 Å². The van der Waals surface area contributed by atoms with Crippen LogP contribution >= 0.6 is 11.6 Å². The minimum atomic E-state index is -0.0423. The first-order chi connectivity index (χ1) is 15.6. The maximum Gasteiger partial charge on any atom is 0.322 e. The normalized spacial score (nSPS) is 20.9. The Bertz CT molecular complexity index is 1090. The fraction of sp³-hybridized carbons (Fsp3) is 0.269. The van der Waals surface area contributed by atoms with Crippen molar-refractivity contribution in [1.82, 2.24) is 9.80 Å². The minimum absolute atomic E-state index is 0.0423. The minimum Gasteiger partial charge on any atom is -0.457 e. The van der Waals surface area contributed by atoms with Crippen molar-refractivity contribution in [2.24, 2.45) is 0 Å². The van der Waals surface area contributed by atoms with Crippen LogP contribution in [0.4, 0.5) is 10.5 Å². The fourth-order valence-electron chi connectivity index (χ4n) is 4.84. The van der Waals surface area contributed by atoms with Crippen molar-refractivity contribution >= 4 is 23.3 Å². The molecule has 2 heterocycles. The van der Waals surface area contributed by atoms with Crippen LogP contribution in [0.2, 0.25) is 5.02 Å². The number of hydrogen-bond acceptors (Lipinski definition) is 3. The van der Waals surface area contributed by atoms with E-state index in [9.17, 15) is 4.79 Å². The summed E-state index contributed by atoms with van der Waals surface area (Å²) < 4.78 is 5.82. The van der Waals surface area contributed by atoms with Crippen LogP contribution in [0, 0.1) is 0 Å². The number of fused-ring (bicyclic) bond motifs is 2. The average Bonchev–Trinajstić information content (AvgIpc) is 3.42. The molecule has 5 rings (SSSR count). The molecule has 0 spiro atoms. The molecule has 3 atom stereocenters. The number of nitrogens with zero attached hydrogens (tertiary/aromatic N) is 2. The zero-order valence-electron chi connectivity index (χ0n) is 17.9. The SMILES string of the molecule is CC(c1ccccc1Cl)N1CC2CC1CN2C(=O)Nc1ccc(Oc2ccccc2)cc1. The first-order valence-electron chi connectivity index (χ1n) is 11.0. The molecule has 3 aromatic carbocycles. The zero-order valence-corrected chi connectivity index (χ0v) is 18.7. The summed E-state index contributed by atoms with van der Waals surface area (Å²) in [5, 5.41) is 3.84. The van der Waals surface area contributed by atoms with Crippen LogP contribution in [-0.2, 0) is 0 Å². The van der Waals surface area contributed by atoms with Gasteiger partial charge in [0.2, 0.25) is 0 Å². The van der Waals surface area contributed by atoms with Gasteiger partial charge in [0.25, 0.3) is 0 Å². The molecule has 0 saturated carbocycles. The molecule has 2 saturated heterocycles. The van der Waals surface area contributed by atoms with Crippen molar-refractivity contribution in [3.63, 3.8) is 0 Å². The molecule has 0 radical (unpaired) electrons. The Labute approximate surface area is 193 Å². The molecular weight excluding hydrogens is 422 g/mol. The Kier molecular flexibility index (Phi) is 5.77. The van der Waals surface area contributed by atoms with E-state index >= 15 is 0 Å². The van der Waals surface area contributed by atoms with Gasteiger partial charge in [-0.05, 0) is 61.4 Å². The number of ether oxygens (including phenoxy) is 1. The number of anilines is 1. The first kappa shape index (κ1) is 20.9. The summed E-state index contributed by atoms with van der Waals surface area (Å²) in [6, 6.07) is 25.9.